The van der Waals surface area contributed by atoms with Crippen molar-refractivity contribution < 1.29 is 18.3 Å². The third-order valence-electron chi connectivity index (χ3n) is 4.95. The summed E-state index contributed by atoms with van der Waals surface area (Å²) in [6, 6.07) is 12.2. The molecule has 2 aromatic carbocycles. The number of amides is 1. The summed E-state index contributed by atoms with van der Waals surface area (Å²) >= 11 is 0. The molecule has 1 heterocycles. The van der Waals surface area contributed by atoms with Crippen LogP contribution in [0.3, 0.4) is 0 Å². The molecule has 1 unspecified atom stereocenters. The minimum Gasteiger partial charge on any atom is -0.381 e. The van der Waals surface area contributed by atoms with Gasteiger partial charge >= 0.3 is 0 Å². The van der Waals surface area contributed by atoms with Gasteiger partial charge in [-0.15, -0.1) is 0 Å². The zero-order valence-electron chi connectivity index (χ0n) is 15.3. The topological polar surface area (TPSA) is 88.1 Å². The lowest BCUT2D eigenvalue weighted by atomic mass is 9.90. The lowest BCUT2D eigenvalue weighted by Crippen LogP contribution is -2.58. The van der Waals surface area contributed by atoms with E-state index >= 15 is 0 Å². The van der Waals surface area contributed by atoms with Crippen LogP contribution in [-0.2, 0) is 16.0 Å². The van der Waals surface area contributed by atoms with Gasteiger partial charge in [0.1, 0.15) is 6.04 Å². The first-order valence-corrected chi connectivity index (χ1v) is 9.03. The molecule has 0 aromatic heterocycles. The minimum absolute atomic E-state index is 0.312. The molecule has 0 radical (unpaired) electrons. The van der Waals surface area contributed by atoms with Crippen LogP contribution in [0, 0.1) is 23.0 Å². The number of carbonyl (C=O) groups excluding carboxylic acids is 1. The number of nitrogens with zero attached hydrogens (tertiary/aromatic N) is 1. The van der Waals surface area contributed by atoms with E-state index in [2.05, 4.69) is 11.4 Å². The summed E-state index contributed by atoms with van der Waals surface area (Å²) in [4.78, 5) is 12.5. The fraction of sp³-hybridized carbons (Fsp3) is 0.333. The highest BCUT2D eigenvalue weighted by molar-refractivity contribution is 5.86. The van der Waals surface area contributed by atoms with E-state index in [1.807, 2.05) is 0 Å². The minimum atomic E-state index is -1.01. The predicted octanol–water partition coefficient (Wildman–Crippen LogP) is 2.69. The Morgan fingerprint density at radius 3 is 2.39 bits per heavy atom. The molecule has 1 atom stereocenters. The van der Waals surface area contributed by atoms with Crippen molar-refractivity contribution in [3.8, 4) is 17.2 Å². The fourth-order valence-corrected chi connectivity index (χ4v) is 3.14. The van der Waals surface area contributed by atoms with Crippen LogP contribution in [0.2, 0.25) is 0 Å². The van der Waals surface area contributed by atoms with E-state index in [1.54, 1.807) is 24.3 Å². The van der Waals surface area contributed by atoms with Gasteiger partial charge in [-0.2, -0.15) is 5.26 Å². The third kappa shape index (κ3) is 4.53. The zero-order valence-corrected chi connectivity index (χ0v) is 15.3. The normalized spacial score (nSPS) is 16.8. The Morgan fingerprint density at radius 2 is 1.79 bits per heavy atom. The average molecular weight is 385 g/mol. The first-order valence-electron chi connectivity index (χ1n) is 9.03. The molecule has 0 bridgehead atoms. The molecule has 1 saturated heterocycles. The maximum atomic E-state index is 13.4. The summed E-state index contributed by atoms with van der Waals surface area (Å²) in [6.45, 7) is 0.846. The number of hydrogen-bond acceptors (Lipinski definition) is 4. The molecule has 3 rings (SSSR count). The molecule has 5 nitrogen and oxygen atoms in total. The van der Waals surface area contributed by atoms with Crippen LogP contribution in [0.15, 0.2) is 42.5 Å². The van der Waals surface area contributed by atoms with Gasteiger partial charge in [-0.25, -0.2) is 8.78 Å². The molecule has 28 heavy (non-hydrogen) atoms. The molecule has 146 valence electrons. The first kappa shape index (κ1) is 19.9. The maximum absolute atomic E-state index is 13.4. The molecule has 7 heteroatoms. The van der Waals surface area contributed by atoms with Gasteiger partial charge in [0.15, 0.2) is 11.6 Å². The Morgan fingerprint density at radius 1 is 1.14 bits per heavy atom. The Hall–Kier alpha value is -2.82. The summed E-state index contributed by atoms with van der Waals surface area (Å²) in [5.41, 5.74) is 7.25. The number of benzene rings is 2. The smallest absolute Gasteiger partial charge is 0.241 e. The molecule has 2 aromatic rings. The van der Waals surface area contributed by atoms with Gasteiger partial charge < -0.3 is 15.8 Å². The lowest BCUT2D eigenvalue weighted by Gasteiger charge is -2.32. The predicted molar refractivity (Wildman–Crippen MR) is 100 cm³/mol. The van der Waals surface area contributed by atoms with Crippen LogP contribution in [0.5, 0.6) is 0 Å². The summed E-state index contributed by atoms with van der Waals surface area (Å²) in [6.07, 6.45) is 1.15. The van der Waals surface area contributed by atoms with Crippen molar-refractivity contribution in [2.75, 3.05) is 13.2 Å². The Balaban J connectivity index is 1.65. The zero-order chi connectivity index (χ0) is 20.1. The third-order valence-corrected chi connectivity index (χ3v) is 4.95. The number of nitrogens with two attached hydrogens (primary N) is 1. The molecule has 3 N–H and O–H groups in total. The molecule has 1 aliphatic rings. The van der Waals surface area contributed by atoms with Crippen LogP contribution in [0.1, 0.15) is 18.4 Å². The molecule has 1 fully saturated rings. The number of rotatable bonds is 5. The molecule has 0 saturated carbocycles. The van der Waals surface area contributed by atoms with Gasteiger partial charge in [0, 0.05) is 19.6 Å². The second-order valence-corrected chi connectivity index (χ2v) is 6.95. The van der Waals surface area contributed by atoms with Gasteiger partial charge in [0.25, 0.3) is 0 Å². The number of nitriles is 1. The van der Waals surface area contributed by atoms with Crippen molar-refractivity contribution in [3.63, 3.8) is 0 Å². The standard InChI is InChI=1S/C21H21F2N3O2/c22-18-6-5-16(12-19(18)23)15-3-1-14(2-4-15)11-17(13-24)26-20(27)21(25)7-9-28-10-8-21/h1-6,12,17H,7-11,25H2,(H,26,27). The van der Waals surface area contributed by atoms with Gasteiger partial charge in [-0.1, -0.05) is 30.3 Å². The van der Waals surface area contributed by atoms with Crippen LogP contribution >= 0.6 is 0 Å². The number of halogens is 2. The van der Waals surface area contributed by atoms with Crippen LogP contribution in [0.25, 0.3) is 11.1 Å². The van der Waals surface area contributed by atoms with Crippen molar-refractivity contribution >= 4 is 5.91 Å². The van der Waals surface area contributed by atoms with E-state index in [1.165, 1.54) is 6.07 Å². The lowest BCUT2D eigenvalue weighted by molar-refractivity contribution is -0.130. The monoisotopic (exact) mass is 385 g/mol. The van der Waals surface area contributed by atoms with Crippen LogP contribution in [0.4, 0.5) is 8.78 Å². The number of carbonyl (C=O) groups is 1. The van der Waals surface area contributed by atoms with Crippen molar-refractivity contribution in [1.29, 1.82) is 5.26 Å². The van der Waals surface area contributed by atoms with E-state index in [4.69, 9.17) is 10.5 Å². The Labute approximate surface area is 162 Å². The van der Waals surface area contributed by atoms with Gasteiger partial charge in [0.2, 0.25) is 5.91 Å². The highest BCUT2D eigenvalue weighted by Gasteiger charge is 2.36. The van der Waals surface area contributed by atoms with Crippen LogP contribution < -0.4 is 11.1 Å². The Bertz CT molecular complexity index is 888. The maximum Gasteiger partial charge on any atom is 0.241 e. The second-order valence-electron chi connectivity index (χ2n) is 6.95. The number of hydrogen-bond donors (Lipinski definition) is 2. The highest BCUT2D eigenvalue weighted by atomic mass is 19.2. The average Bonchev–Trinajstić information content (AvgIpc) is 2.70. The molecule has 0 aliphatic carbocycles. The largest absolute Gasteiger partial charge is 0.381 e. The van der Waals surface area contributed by atoms with Crippen molar-refractivity contribution in [1.82, 2.24) is 5.32 Å². The van der Waals surface area contributed by atoms with E-state index < -0.39 is 23.2 Å². The van der Waals surface area contributed by atoms with E-state index in [9.17, 15) is 18.8 Å². The van der Waals surface area contributed by atoms with Crippen molar-refractivity contribution in [2.24, 2.45) is 5.73 Å². The van der Waals surface area contributed by atoms with Gasteiger partial charge in [-0.05, 0) is 41.7 Å². The van der Waals surface area contributed by atoms with Gasteiger partial charge in [-0.3, -0.25) is 4.79 Å². The quantitative estimate of drug-likeness (QED) is 0.828. The Kier molecular flexibility index (Phi) is 6.02. The number of ether oxygens (including phenoxy) is 1. The molecular weight excluding hydrogens is 364 g/mol. The molecular formula is C21H21F2N3O2. The van der Waals surface area contributed by atoms with E-state index in [0.717, 1.165) is 23.3 Å². The summed E-state index contributed by atoms with van der Waals surface area (Å²) in [7, 11) is 0. The summed E-state index contributed by atoms with van der Waals surface area (Å²) in [5.74, 6) is -2.14. The number of nitrogens with one attached hydrogen (secondary N) is 1. The summed E-state index contributed by atoms with van der Waals surface area (Å²) < 4.78 is 31.7. The van der Waals surface area contributed by atoms with Crippen molar-refractivity contribution in [2.45, 2.75) is 30.8 Å². The second kappa shape index (κ2) is 8.46. The molecule has 1 amide bonds. The van der Waals surface area contributed by atoms with E-state index in [0.29, 0.717) is 38.0 Å². The van der Waals surface area contributed by atoms with E-state index in [-0.39, 0.29) is 5.91 Å². The first-order chi connectivity index (χ1) is 13.4. The highest BCUT2D eigenvalue weighted by Crippen LogP contribution is 2.23. The van der Waals surface area contributed by atoms with Crippen molar-refractivity contribution in [3.05, 3.63) is 59.7 Å². The van der Waals surface area contributed by atoms with Crippen LogP contribution in [-0.4, -0.2) is 30.7 Å². The fourth-order valence-electron chi connectivity index (χ4n) is 3.14. The molecule has 0 spiro atoms. The van der Waals surface area contributed by atoms with Gasteiger partial charge in [0.05, 0.1) is 11.6 Å². The summed E-state index contributed by atoms with van der Waals surface area (Å²) in [5, 5.41) is 12.1. The SMILES string of the molecule is N#CC(Cc1ccc(-c2ccc(F)c(F)c2)cc1)NC(=O)C1(N)CCOCC1. The molecule has 1 aliphatic heterocycles.